The number of carbonyl (C=O) groups is 1. The number of ether oxygens (including phenoxy) is 1. The molecule has 7 heteroatoms. The van der Waals surface area contributed by atoms with Crippen LogP contribution in [0.1, 0.15) is 60.6 Å². The van der Waals surface area contributed by atoms with Crippen molar-refractivity contribution in [3.05, 3.63) is 35.7 Å². The molecular weight excluding hydrogens is 320 g/mol. The highest BCUT2D eigenvalue weighted by molar-refractivity contribution is 5.91. The summed E-state index contributed by atoms with van der Waals surface area (Å²) >= 11 is 0. The number of carbonyl (C=O) groups excluding carboxylic acids is 1. The van der Waals surface area contributed by atoms with E-state index in [0.29, 0.717) is 18.9 Å². The van der Waals surface area contributed by atoms with Crippen molar-refractivity contribution in [3.8, 4) is 0 Å². The lowest BCUT2D eigenvalue weighted by atomic mass is 9.96. The molecule has 3 heterocycles. The summed E-state index contributed by atoms with van der Waals surface area (Å²) in [7, 11) is 1.69. The van der Waals surface area contributed by atoms with Gasteiger partial charge in [0.15, 0.2) is 0 Å². The van der Waals surface area contributed by atoms with Gasteiger partial charge in [-0.05, 0) is 18.8 Å². The molecule has 0 aliphatic carbocycles. The van der Waals surface area contributed by atoms with Crippen molar-refractivity contribution in [1.82, 2.24) is 19.6 Å². The fourth-order valence-electron chi connectivity index (χ4n) is 3.25. The van der Waals surface area contributed by atoms with Crippen LogP contribution in [0.5, 0.6) is 0 Å². The van der Waals surface area contributed by atoms with Gasteiger partial charge in [0.2, 0.25) is 5.76 Å². The summed E-state index contributed by atoms with van der Waals surface area (Å²) < 4.78 is 12.5. The molecule has 0 N–H and O–H groups in total. The van der Waals surface area contributed by atoms with E-state index in [-0.39, 0.29) is 17.7 Å². The first-order valence-electron chi connectivity index (χ1n) is 8.86. The average molecular weight is 346 g/mol. The van der Waals surface area contributed by atoms with Gasteiger partial charge in [-0.15, -0.1) is 0 Å². The number of hydrogen-bond donors (Lipinski definition) is 0. The second-order valence-electron chi connectivity index (χ2n) is 6.83. The maximum Gasteiger partial charge on any atom is 0.292 e. The van der Waals surface area contributed by atoms with Crippen LogP contribution in [0.15, 0.2) is 23.0 Å². The largest absolute Gasteiger partial charge is 0.383 e. The van der Waals surface area contributed by atoms with Crippen molar-refractivity contribution in [1.29, 1.82) is 0 Å². The molecule has 1 unspecified atom stereocenters. The van der Waals surface area contributed by atoms with Crippen LogP contribution in [0.2, 0.25) is 0 Å². The molecule has 1 aliphatic rings. The molecule has 0 radical (unpaired) electrons. The zero-order valence-electron chi connectivity index (χ0n) is 15.1. The van der Waals surface area contributed by atoms with E-state index in [9.17, 15) is 4.79 Å². The number of aromatic nitrogens is 3. The van der Waals surface area contributed by atoms with Crippen molar-refractivity contribution in [2.75, 3.05) is 26.8 Å². The minimum atomic E-state index is -0.0842. The molecule has 1 aliphatic heterocycles. The van der Waals surface area contributed by atoms with E-state index in [4.69, 9.17) is 9.26 Å². The minimum absolute atomic E-state index is 0.0842. The summed E-state index contributed by atoms with van der Waals surface area (Å²) in [5, 5.41) is 4.00. The summed E-state index contributed by atoms with van der Waals surface area (Å²) in [6, 6.07) is 1.76. The predicted molar refractivity (Wildman–Crippen MR) is 92.6 cm³/mol. The van der Waals surface area contributed by atoms with Crippen LogP contribution in [0.3, 0.4) is 0 Å². The Balaban J connectivity index is 1.70. The third-order valence-electron chi connectivity index (χ3n) is 4.69. The normalized spacial score (nSPS) is 18.1. The van der Waals surface area contributed by atoms with Gasteiger partial charge in [0.25, 0.3) is 5.91 Å². The lowest BCUT2D eigenvalue weighted by Gasteiger charge is -2.32. The molecular formula is C18H26N4O3. The maximum atomic E-state index is 12.8. The van der Waals surface area contributed by atoms with Gasteiger partial charge in [-0.1, -0.05) is 19.0 Å². The van der Waals surface area contributed by atoms with Crippen LogP contribution >= 0.6 is 0 Å². The third-order valence-corrected chi connectivity index (χ3v) is 4.69. The number of rotatable bonds is 6. The Bertz CT molecular complexity index is 707. The van der Waals surface area contributed by atoms with Gasteiger partial charge >= 0.3 is 0 Å². The molecule has 0 bridgehead atoms. The summed E-state index contributed by atoms with van der Waals surface area (Å²) in [6.07, 6.45) is 5.78. The van der Waals surface area contributed by atoms with E-state index in [2.05, 4.69) is 14.7 Å². The van der Waals surface area contributed by atoms with Crippen LogP contribution in [0.4, 0.5) is 0 Å². The molecule has 1 amide bonds. The number of likely N-dealkylation sites (tertiary alicyclic amines) is 1. The van der Waals surface area contributed by atoms with Crippen molar-refractivity contribution in [3.63, 3.8) is 0 Å². The smallest absolute Gasteiger partial charge is 0.292 e. The van der Waals surface area contributed by atoms with Crippen LogP contribution in [0, 0.1) is 0 Å². The maximum absolute atomic E-state index is 12.8. The molecule has 0 spiro atoms. The quantitative estimate of drug-likeness (QED) is 0.804. The van der Waals surface area contributed by atoms with E-state index in [1.807, 2.05) is 31.1 Å². The van der Waals surface area contributed by atoms with Crippen molar-refractivity contribution in [2.24, 2.45) is 0 Å². The average Bonchev–Trinajstić information content (AvgIpc) is 3.28. The fraction of sp³-hybridized carbons (Fsp3) is 0.611. The molecule has 2 aromatic heterocycles. The lowest BCUT2D eigenvalue weighted by molar-refractivity contribution is 0.0660. The number of amides is 1. The highest BCUT2D eigenvalue weighted by Crippen LogP contribution is 2.27. The second kappa shape index (κ2) is 7.82. The van der Waals surface area contributed by atoms with E-state index in [1.54, 1.807) is 13.2 Å². The van der Waals surface area contributed by atoms with E-state index >= 15 is 0 Å². The number of methoxy groups -OCH3 is 1. The molecule has 0 aromatic carbocycles. The summed E-state index contributed by atoms with van der Waals surface area (Å²) in [6.45, 7) is 6.88. The van der Waals surface area contributed by atoms with Crippen LogP contribution in [0.25, 0.3) is 0 Å². The Kier molecular flexibility index (Phi) is 5.53. The lowest BCUT2D eigenvalue weighted by Crippen LogP contribution is -2.39. The summed E-state index contributed by atoms with van der Waals surface area (Å²) in [4.78, 5) is 19.1. The molecule has 2 aromatic rings. The van der Waals surface area contributed by atoms with Crippen LogP contribution in [-0.4, -0.2) is 52.3 Å². The number of imidazole rings is 1. The van der Waals surface area contributed by atoms with Gasteiger partial charge in [0.05, 0.1) is 12.3 Å². The fourth-order valence-corrected chi connectivity index (χ4v) is 3.25. The monoisotopic (exact) mass is 346 g/mol. The van der Waals surface area contributed by atoms with Gasteiger partial charge in [-0.25, -0.2) is 4.98 Å². The number of nitrogens with zero attached hydrogens (tertiary/aromatic N) is 4. The summed E-state index contributed by atoms with van der Waals surface area (Å²) in [5.41, 5.74) is 0.812. The second-order valence-corrected chi connectivity index (χ2v) is 6.83. The SMILES string of the molecule is COCCn1ccnc1C1CCCN(C(=O)c2cc(C(C)C)no2)C1. The van der Waals surface area contributed by atoms with E-state index < -0.39 is 0 Å². The molecule has 1 fully saturated rings. The molecule has 25 heavy (non-hydrogen) atoms. The van der Waals surface area contributed by atoms with Crippen LogP contribution < -0.4 is 0 Å². The molecule has 7 nitrogen and oxygen atoms in total. The zero-order valence-corrected chi connectivity index (χ0v) is 15.1. The molecule has 3 rings (SSSR count). The van der Waals surface area contributed by atoms with Crippen molar-refractivity contribution in [2.45, 2.75) is 45.1 Å². The van der Waals surface area contributed by atoms with E-state index in [0.717, 1.165) is 37.4 Å². The predicted octanol–water partition coefficient (Wildman–Crippen LogP) is 2.66. The molecule has 1 saturated heterocycles. The number of piperidine rings is 1. The minimum Gasteiger partial charge on any atom is -0.383 e. The molecule has 1 atom stereocenters. The van der Waals surface area contributed by atoms with Gasteiger partial charge in [-0.3, -0.25) is 4.79 Å². The third kappa shape index (κ3) is 3.92. The zero-order chi connectivity index (χ0) is 17.8. The highest BCUT2D eigenvalue weighted by atomic mass is 16.5. The Morgan fingerprint density at radius 1 is 1.48 bits per heavy atom. The van der Waals surface area contributed by atoms with Gasteiger partial charge in [0.1, 0.15) is 5.82 Å². The first-order chi connectivity index (χ1) is 12.1. The Hall–Kier alpha value is -2.15. The Labute approximate surface area is 148 Å². The Morgan fingerprint density at radius 3 is 3.04 bits per heavy atom. The van der Waals surface area contributed by atoms with Gasteiger partial charge < -0.3 is 18.7 Å². The van der Waals surface area contributed by atoms with Crippen molar-refractivity contribution < 1.29 is 14.1 Å². The standard InChI is InChI=1S/C18H26N4O3/c1-13(2)15-11-16(25-20-15)18(23)22-7-4-5-14(12-22)17-19-6-8-21(17)9-10-24-3/h6,8,11,13-14H,4-5,7,9-10,12H2,1-3H3. The molecule has 0 saturated carbocycles. The topological polar surface area (TPSA) is 73.4 Å². The highest BCUT2D eigenvalue weighted by Gasteiger charge is 2.29. The van der Waals surface area contributed by atoms with Gasteiger partial charge in [0, 0.05) is 51.1 Å². The number of hydrogen-bond acceptors (Lipinski definition) is 5. The van der Waals surface area contributed by atoms with Crippen LogP contribution in [-0.2, 0) is 11.3 Å². The van der Waals surface area contributed by atoms with Gasteiger partial charge in [-0.2, -0.15) is 0 Å². The first-order valence-corrected chi connectivity index (χ1v) is 8.86. The Morgan fingerprint density at radius 2 is 2.32 bits per heavy atom. The molecule has 136 valence electrons. The first kappa shape index (κ1) is 17.7. The van der Waals surface area contributed by atoms with Crippen molar-refractivity contribution >= 4 is 5.91 Å². The summed E-state index contributed by atoms with van der Waals surface area (Å²) in [5.74, 6) is 1.74. The van der Waals surface area contributed by atoms with E-state index in [1.165, 1.54) is 0 Å².